The van der Waals surface area contributed by atoms with Gasteiger partial charge in [-0.3, -0.25) is 4.79 Å². The molecule has 2 rings (SSSR count). The minimum Gasteiger partial charge on any atom is -0.508 e. The summed E-state index contributed by atoms with van der Waals surface area (Å²) >= 11 is 0. The molecular formula is C15H19NO4. The number of rotatable bonds is 3. The first kappa shape index (κ1) is 14.4. The third-order valence-corrected chi connectivity index (χ3v) is 3.53. The van der Waals surface area contributed by atoms with Crippen molar-refractivity contribution in [3.63, 3.8) is 0 Å². The van der Waals surface area contributed by atoms with Gasteiger partial charge in [0, 0.05) is 12.1 Å². The molecule has 108 valence electrons. The molecular weight excluding hydrogens is 258 g/mol. The van der Waals surface area contributed by atoms with Crippen LogP contribution in [0.4, 0.5) is 0 Å². The number of carbonyl (C=O) groups excluding carboxylic acids is 2. The van der Waals surface area contributed by atoms with E-state index in [-0.39, 0.29) is 17.6 Å². The van der Waals surface area contributed by atoms with Crippen LogP contribution in [0.3, 0.4) is 0 Å². The SMILES string of the molecule is CCOC(=O)C1CCCN1C(=O)c1ccc(C)c(O)c1. The van der Waals surface area contributed by atoms with Gasteiger partial charge in [-0.15, -0.1) is 0 Å². The number of aromatic hydroxyl groups is 1. The van der Waals surface area contributed by atoms with Gasteiger partial charge in [0.15, 0.2) is 0 Å². The summed E-state index contributed by atoms with van der Waals surface area (Å²) in [6.07, 6.45) is 1.41. The van der Waals surface area contributed by atoms with Crippen LogP contribution in [0, 0.1) is 6.92 Å². The molecule has 5 nitrogen and oxygen atoms in total. The zero-order valence-corrected chi connectivity index (χ0v) is 11.8. The number of ether oxygens (including phenoxy) is 1. The van der Waals surface area contributed by atoms with Gasteiger partial charge in [-0.1, -0.05) is 6.07 Å². The number of hydrogen-bond acceptors (Lipinski definition) is 4. The molecule has 1 fully saturated rings. The number of phenolic OH excluding ortho intramolecular Hbond substituents is 1. The van der Waals surface area contributed by atoms with Crippen LogP contribution in [0.1, 0.15) is 35.7 Å². The van der Waals surface area contributed by atoms with E-state index in [0.717, 1.165) is 6.42 Å². The van der Waals surface area contributed by atoms with Crippen molar-refractivity contribution >= 4 is 11.9 Å². The molecule has 1 amide bonds. The molecule has 1 heterocycles. The lowest BCUT2D eigenvalue weighted by molar-refractivity contribution is -0.147. The van der Waals surface area contributed by atoms with E-state index in [4.69, 9.17) is 4.74 Å². The molecule has 1 unspecified atom stereocenters. The molecule has 1 atom stereocenters. The van der Waals surface area contributed by atoms with Crippen LogP contribution in [-0.2, 0) is 9.53 Å². The molecule has 1 aliphatic rings. The Labute approximate surface area is 118 Å². The smallest absolute Gasteiger partial charge is 0.328 e. The Bertz CT molecular complexity index is 527. The van der Waals surface area contributed by atoms with Crippen LogP contribution in [0.2, 0.25) is 0 Å². The van der Waals surface area contributed by atoms with Crippen LogP contribution in [0.25, 0.3) is 0 Å². The second-order valence-electron chi connectivity index (χ2n) is 4.91. The monoisotopic (exact) mass is 277 g/mol. The number of carbonyl (C=O) groups is 2. The molecule has 0 aromatic heterocycles. The van der Waals surface area contributed by atoms with Crippen LogP contribution in [-0.4, -0.2) is 41.1 Å². The van der Waals surface area contributed by atoms with Gasteiger partial charge in [-0.25, -0.2) is 4.79 Å². The molecule has 1 saturated heterocycles. The summed E-state index contributed by atoms with van der Waals surface area (Å²) in [4.78, 5) is 25.8. The van der Waals surface area contributed by atoms with Gasteiger partial charge >= 0.3 is 5.97 Å². The number of nitrogens with zero attached hydrogens (tertiary/aromatic N) is 1. The number of phenols is 1. The Hall–Kier alpha value is -2.04. The first-order valence-corrected chi connectivity index (χ1v) is 6.81. The predicted octanol–water partition coefficient (Wildman–Crippen LogP) is 1.87. The Morgan fingerprint density at radius 1 is 1.45 bits per heavy atom. The summed E-state index contributed by atoms with van der Waals surface area (Å²) < 4.78 is 5.00. The highest BCUT2D eigenvalue weighted by Gasteiger charge is 2.35. The minimum absolute atomic E-state index is 0.0859. The Balaban J connectivity index is 2.18. The topological polar surface area (TPSA) is 66.8 Å². The fourth-order valence-electron chi connectivity index (χ4n) is 2.40. The summed E-state index contributed by atoms with van der Waals surface area (Å²) in [5.74, 6) is -0.506. The third kappa shape index (κ3) is 2.76. The van der Waals surface area contributed by atoms with Gasteiger partial charge in [0.05, 0.1) is 6.61 Å². The maximum Gasteiger partial charge on any atom is 0.328 e. The van der Waals surface area contributed by atoms with Crippen LogP contribution >= 0.6 is 0 Å². The molecule has 0 spiro atoms. The first-order chi connectivity index (χ1) is 9.54. The quantitative estimate of drug-likeness (QED) is 0.856. The zero-order chi connectivity index (χ0) is 14.7. The van der Waals surface area contributed by atoms with Gasteiger partial charge in [-0.05, 0) is 44.4 Å². The van der Waals surface area contributed by atoms with Crippen molar-refractivity contribution in [2.75, 3.05) is 13.2 Å². The predicted molar refractivity (Wildman–Crippen MR) is 73.5 cm³/mol. The number of likely N-dealkylation sites (tertiary alicyclic amines) is 1. The second kappa shape index (κ2) is 5.94. The van der Waals surface area contributed by atoms with Crippen molar-refractivity contribution in [3.05, 3.63) is 29.3 Å². The number of hydrogen-bond donors (Lipinski definition) is 1. The number of benzene rings is 1. The molecule has 0 radical (unpaired) electrons. The number of esters is 1. The van der Waals surface area contributed by atoms with Crippen LogP contribution in [0.5, 0.6) is 5.75 Å². The molecule has 1 aromatic rings. The summed E-state index contributed by atoms with van der Waals surface area (Å²) in [7, 11) is 0. The van der Waals surface area contributed by atoms with E-state index in [2.05, 4.69) is 0 Å². The van der Waals surface area contributed by atoms with E-state index in [9.17, 15) is 14.7 Å². The van der Waals surface area contributed by atoms with E-state index < -0.39 is 6.04 Å². The number of aryl methyl sites for hydroxylation is 1. The average molecular weight is 277 g/mol. The standard InChI is InChI=1S/C15H19NO4/c1-3-20-15(19)12-5-4-8-16(12)14(18)11-7-6-10(2)13(17)9-11/h6-7,9,12,17H,3-5,8H2,1-2H3. The molecule has 5 heteroatoms. The van der Waals surface area contributed by atoms with Crippen LogP contribution in [0.15, 0.2) is 18.2 Å². The molecule has 0 aliphatic carbocycles. The van der Waals surface area contributed by atoms with Crippen molar-refractivity contribution in [2.24, 2.45) is 0 Å². The Kier molecular flexibility index (Phi) is 4.27. The molecule has 1 aromatic carbocycles. The van der Waals surface area contributed by atoms with E-state index in [1.807, 2.05) is 0 Å². The van der Waals surface area contributed by atoms with Gasteiger partial charge < -0.3 is 14.7 Å². The van der Waals surface area contributed by atoms with Gasteiger partial charge in [-0.2, -0.15) is 0 Å². The van der Waals surface area contributed by atoms with Crippen molar-refractivity contribution in [1.29, 1.82) is 0 Å². The summed E-state index contributed by atoms with van der Waals surface area (Å²) in [6, 6.07) is 4.29. The maximum atomic E-state index is 12.4. The normalized spacial score (nSPS) is 18.1. The van der Waals surface area contributed by atoms with Gasteiger partial charge in [0.25, 0.3) is 5.91 Å². The van der Waals surface area contributed by atoms with Crippen molar-refractivity contribution in [1.82, 2.24) is 4.90 Å². The second-order valence-corrected chi connectivity index (χ2v) is 4.91. The third-order valence-electron chi connectivity index (χ3n) is 3.53. The molecule has 0 saturated carbocycles. The lowest BCUT2D eigenvalue weighted by Crippen LogP contribution is -2.41. The molecule has 20 heavy (non-hydrogen) atoms. The fourth-order valence-corrected chi connectivity index (χ4v) is 2.40. The lowest BCUT2D eigenvalue weighted by atomic mass is 10.1. The van der Waals surface area contributed by atoms with Gasteiger partial charge in [0.2, 0.25) is 0 Å². The Morgan fingerprint density at radius 3 is 2.85 bits per heavy atom. The summed E-state index contributed by atoms with van der Waals surface area (Å²) in [6.45, 7) is 4.36. The van der Waals surface area contributed by atoms with E-state index >= 15 is 0 Å². The van der Waals surface area contributed by atoms with E-state index in [1.54, 1.807) is 26.0 Å². The Morgan fingerprint density at radius 2 is 2.20 bits per heavy atom. The highest BCUT2D eigenvalue weighted by Crippen LogP contribution is 2.24. The minimum atomic E-state index is -0.508. The van der Waals surface area contributed by atoms with Crippen molar-refractivity contribution in [2.45, 2.75) is 32.7 Å². The summed E-state index contributed by atoms with van der Waals surface area (Å²) in [5, 5.41) is 9.69. The van der Waals surface area contributed by atoms with Crippen molar-refractivity contribution in [3.8, 4) is 5.75 Å². The average Bonchev–Trinajstić information content (AvgIpc) is 2.90. The van der Waals surface area contributed by atoms with Gasteiger partial charge in [0.1, 0.15) is 11.8 Å². The maximum absolute atomic E-state index is 12.4. The highest BCUT2D eigenvalue weighted by atomic mass is 16.5. The van der Waals surface area contributed by atoms with E-state index in [1.165, 1.54) is 11.0 Å². The van der Waals surface area contributed by atoms with E-state index in [0.29, 0.717) is 30.7 Å². The van der Waals surface area contributed by atoms with Crippen molar-refractivity contribution < 1.29 is 19.4 Å². The molecule has 0 bridgehead atoms. The molecule has 1 aliphatic heterocycles. The largest absolute Gasteiger partial charge is 0.508 e. The highest BCUT2D eigenvalue weighted by molar-refractivity contribution is 5.97. The number of amides is 1. The fraction of sp³-hybridized carbons (Fsp3) is 0.467. The first-order valence-electron chi connectivity index (χ1n) is 6.81. The summed E-state index contributed by atoms with van der Waals surface area (Å²) in [5.41, 5.74) is 1.11. The van der Waals surface area contributed by atoms with Crippen LogP contribution < -0.4 is 0 Å². The lowest BCUT2D eigenvalue weighted by Gasteiger charge is -2.23. The molecule has 1 N–H and O–H groups in total. The zero-order valence-electron chi connectivity index (χ0n) is 11.8.